The van der Waals surface area contributed by atoms with E-state index in [1.54, 1.807) is 48.4 Å². The number of ether oxygens (including phenoxy) is 1. The van der Waals surface area contributed by atoms with Gasteiger partial charge in [-0.05, 0) is 35.9 Å². The average Bonchev–Trinajstić information content (AvgIpc) is 2.95. The van der Waals surface area contributed by atoms with Crippen LogP contribution in [0.2, 0.25) is 0 Å². The van der Waals surface area contributed by atoms with Gasteiger partial charge in [0.25, 0.3) is 11.5 Å². The fourth-order valence-electron chi connectivity index (χ4n) is 4.58. The Morgan fingerprint density at radius 3 is 2.19 bits per heavy atom. The van der Waals surface area contributed by atoms with Crippen LogP contribution in [0.25, 0.3) is 16.5 Å². The van der Waals surface area contributed by atoms with Crippen molar-refractivity contribution in [2.75, 3.05) is 33.3 Å². The molecular weight excluding hydrogens is 454 g/mol. The first kappa shape index (κ1) is 23.3. The van der Waals surface area contributed by atoms with E-state index in [-0.39, 0.29) is 17.2 Å². The minimum Gasteiger partial charge on any atom is -0.497 e. The van der Waals surface area contributed by atoms with Gasteiger partial charge in [0.2, 0.25) is 0 Å². The molecule has 1 aliphatic rings. The summed E-state index contributed by atoms with van der Waals surface area (Å²) in [6.07, 6.45) is 0. The summed E-state index contributed by atoms with van der Waals surface area (Å²) < 4.78 is 6.51. The number of rotatable bonds is 5. The predicted molar refractivity (Wildman–Crippen MR) is 136 cm³/mol. The number of methoxy groups -OCH3 is 1. The third kappa shape index (κ3) is 4.32. The first-order valence-corrected chi connectivity index (χ1v) is 11.7. The Morgan fingerprint density at radius 2 is 1.56 bits per heavy atom. The molecule has 180 valence electrons. The van der Waals surface area contributed by atoms with Crippen molar-refractivity contribution in [2.24, 2.45) is 0 Å². The van der Waals surface area contributed by atoms with Gasteiger partial charge >= 0.3 is 0 Å². The normalized spacial score (nSPS) is 14.8. The topological polar surface area (TPSA) is 91.5 Å². The molecule has 1 saturated heterocycles. The molecule has 8 nitrogen and oxygen atoms in total. The number of hydrogen-bond acceptors (Lipinski definition) is 6. The van der Waals surface area contributed by atoms with Crippen molar-refractivity contribution in [1.82, 2.24) is 19.6 Å². The lowest BCUT2D eigenvalue weighted by atomic mass is 10.0. The predicted octanol–water partition coefficient (Wildman–Crippen LogP) is 3.42. The molecule has 0 N–H and O–H groups in total. The first-order valence-electron chi connectivity index (χ1n) is 11.7. The van der Waals surface area contributed by atoms with E-state index in [1.165, 1.54) is 4.68 Å². The number of carbonyl (C=O) groups excluding carboxylic acids is 1. The maximum absolute atomic E-state index is 13.6. The van der Waals surface area contributed by atoms with Gasteiger partial charge in [0.1, 0.15) is 11.8 Å². The summed E-state index contributed by atoms with van der Waals surface area (Å²) in [5.41, 5.74) is 1.47. The molecule has 1 atom stereocenters. The molecule has 1 fully saturated rings. The van der Waals surface area contributed by atoms with Crippen molar-refractivity contribution in [3.63, 3.8) is 0 Å². The minimum atomic E-state index is -0.410. The smallest absolute Gasteiger partial charge is 0.279 e. The SMILES string of the molecule is COc1ccc(C(C#N)N2CCN(C(=O)c3nn(-c4ccccc4)c(=O)c4ccccc34)CC2)cc1. The highest BCUT2D eigenvalue weighted by Crippen LogP contribution is 2.25. The van der Waals surface area contributed by atoms with Crippen molar-refractivity contribution in [3.05, 3.63) is 100 Å². The first-order chi connectivity index (χ1) is 17.6. The molecule has 0 saturated carbocycles. The number of amides is 1. The van der Waals surface area contributed by atoms with Crippen molar-refractivity contribution in [1.29, 1.82) is 5.26 Å². The Labute approximate surface area is 208 Å². The lowest BCUT2D eigenvalue weighted by Crippen LogP contribution is -2.50. The Morgan fingerprint density at radius 1 is 0.917 bits per heavy atom. The van der Waals surface area contributed by atoms with Crippen molar-refractivity contribution in [2.45, 2.75) is 6.04 Å². The van der Waals surface area contributed by atoms with Crippen molar-refractivity contribution < 1.29 is 9.53 Å². The number of nitrogens with zero attached hydrogens (tertiary/aromatic N) is 5. The van der Waals surface area contributed by atoms with Gasteiger partial charge in [-0.25, -0.2) is 0 Å². The van der Waals surface area contributed by atoms with Crippen LogP contribution in [0, 0.1) is 11.3 Å². The van der Waals surface area contributed by atoms with Crippen LogP contribution in [-0.4, -0.2) is 58.8 Å². The number of benzene rings is 3. The molecule has 1 aliphatic heterocycles. The van der Waals surface area contributed by atoms with Gasteiger partial charge < -0.3 is 9.64 Å². The average molecular weight is 480 g/mol. The van der Waals surface area contributed by atoms with Gasteiger partial charge in [-0.3, -0.25) is 14.5 Å². The zero-order valence-corrected chi connectivity index (χ0v) is 19.9. The molecule has 8 heteroatoms. The second-order valence-corrected chi connectivity index (χ2v) is 8.58. The monoisotopic (exact) mass is 479 g/mol. The molecule has 0 radical (unpaired) electrons. The van der Waals surface area contributed by atoms with Crippen molar-refractivity contribution in [3.8, 4) is 17.5 Å². The Kier molecular flexibility index (Phi) is 6.48. The lowest BCUT2D eigenvalue weighted by molar-refractivity contribution is 0.0601. The van der Waals surface area contributed by atoms with Crippen LogP contribution in [0.15, 0.2) is 83.7 Å². The fourth-order valence-corrected chi connectivity index (χ4v) is 4.58. The Hall–Kier alpha value is -4.48. The summed E-state index contributed by atoms with van der Waals surface area (Å²) in [4.78, 5) is 30.6. The Balaban J connectivity index is 1.40. The zero-order valence-electron chi connectivity index (χ0n) is 19.9. The van der Waals surface area contributed by atoms with E-state index in [1.807, 2.05) is 42.5 Å². The number of fused-ring (bicyclic) bond motifs is 1. The highest BCUT2D eigenvalue weighted by Gasteiger charge is 2.29. The summed E-state index contributed by atoms with van der Waals surface area (Å²) in [5.74, 6) is 0.510. The highest BCUT2D eigenvalue weighted by molar-refractivity contribution is 6.04. The minimum absolute atomic E-state index is 0.228. The second kappa shape index (κ2) is 10.0. The van der Waals surface area contributed by atoms with Gasteiger partial charge in [0, 0.05) is 31.6 Å². The number of carbonyl (C=O) groups is 1. The summed E-state index contributed by atoms with van der Waals surface area (Å²) >= 11 is 0. The molecule has 1 unspecified atom stereocenters. The van der Waals surface area contributed by atoms with Gasteiger partial charge in [-0.1, -0.05) is 48.5 Å². The maximum Gasteiger partial charge on any atom is 0.279 e. The molecule has 1 aromatic heterocycles. The van der Waals surface area contributed by atoms with E-state index in [2.05, 4.69) is 16.1 Å². The molecule has 0 spiro atoms. The van der Waals surface area contributed by atoms with Crippen molar-refractivity contribution >= 4 is 16.7 Å². The molecular formula is C28H25N5O3. The van der Waals surface area contributed by atoms with E-state index < -0.39 is 6.04 Å². The largest absolute Gasteiger partial charge is 0.497 e. The van der Waals surface area contributed by atoms with E-state index in [0.29, 0.717) is 42.6 Å². The van der Waals surface area contributed by atoms with E-state index in [9.17, 15) is 14.9 Å². The number of aromatic nitrogens is 2. The van der Waals surface area contributed by atoms with Crippen LogP contribution in [0.5, 0.6) is 5.75 Å². The van der Waals surface area contributed by atoms with Crippen LogP contribution < -0.4 is 10.3 Å². The fraction of sp³-hybridized carbons (Fsp3) is 0.214. The second-order valence-electron chi connectivity index (χ2n) is 8.58. The molecule has 5 rings (SSSR count). The zero-order chi connectivity index (χ0) is 25.1. The highest BCUT2D eigenvalue weighted by atomic mass is 16.5. The molecule has 36 heavy (non-hydrogen) atoms. The number of nitriles is 1. The third-order valence-electron chi connectivity index (χ3n) is 6.53. The van der Waals surface area contributed by atoms with E-state index >= 15 is 0 Å². The number of piperazine rings is 1. The number of hydrogen-bond donors (Lipinski definition) is 0. The summed E-state index contributed by atoms with van der Waals surface area (Å²) in [6.45, 7) is 2.00. The molecule has 2 heterocycles. The lowest BCUT2D eigenvalue weighted by Gasteiger charge is -2.37. The summed E-state index contributed by atoms with van der Waals surface area (Å²) in [6, 6.07) is 25.6. The van der Waals surface area contributed by atoms with E-state index in [4.69, 9.17) is 4.74 Å². The van der Waals surface area contributed by atoms with Crippen LogP contribution in [0.3, 0.4) is 0 Å². The molecule has 4 aromatic rings. The van der Waals surface area contributed by atoms with Gasteiger partial charge in [0.15, 0.2) is 5.69 Å². The molecule has 0 bridgehead atoms. The Bertz CT molecular complexity index is 1480. The van der Waals surface area contributed by atoms with E-state index in [0.717, 1.165) is 11.3 Å². The molecule has 3 aromatic carbocycles. The van der Waals surface area contributed by atoms with Crippen LogP contribution >= 0.6 is 0 Å². The maximum atomic E-state index is 13.6. The van der Waals surface area contributed by atoms with Crippen LogP contribution in [-0.2, 0) is 0 Å². The van der Waals surface area contributed by atoms with Gasteiger partial charge in [0.05, 0.1) is 24.3 Å². The van der Waals surface area contributed by atoms with Gasteiger partial charge in [-0.2, -0.15) is 15.0 Å². The third-order valence-corrected chi connectivity index (χ3v) is 6.53. The van der Waals surface area contributed by atoms with Gasteiger partial charge in [-0.15, -0.1) is 0 Å². The summed E-state index contributed by atoms with van der Waals surface area (Å²) in [5, 5.41) is 15.3. The quantitative estimate of drug-likeness (QED) is 0.436. The van der Waals surface area contributed by atoms with Crippen LogP contribution in [0.1, 0.15) is 22.1 Å². The van der Waals surface area contributed by atoms with Crippen LogP contribution in [0.4, 0.5) is 0 Å². The standard InChI is InChI=1S/C28H25N5O3/c1-36-22-13-11-20(12-14-22)25(19-29)31-15-17-32(18-16-31)28(35)26-23-9-5-6-10-24(23)27(34)33(30-26)21-7-3-2-4-8-21/h2-14,25H,15-18H2,1H3. The molecule has 0 aliphatic carbocycles. The molecule has 1 amide bonds. The number of para-hydroxylation sites is 1. The summed E-state index contributed by atoms with van der Waals surface area (Å²) in [7, 11) is 1.61.